The van der Waals surface area contributed by atoms with Gasteiger partial charge in [0.05, 0.1) is 5.69 Å². The molecule has 0 fully saturated rings. The lowest BCUT2D eigenvalue weighted by molar-refractivity contribution is -0.394. The summed E-state index contributed by atoms with van der Waals surface area (Å²) in [5, 5.41) is 25.9. The number of tetrazole rings is 1. The number of carbonyl (C=O) groups excluding carboxylic acids is 1. The van der Waals surface area contributed by atoms with Gasteiger partial charge in [-0.2, -0.15) is 4.68 Å². The Morgan fingerprint density at radius 2 is 1.77 bits per heavy atom. The van der Waals surface area contributed by atoms with Gasteiger partial charge in [-0.15, -0.1) is 4.68 Å². The largest absolute Gasteiger partial charge is 0.494 e. The molecule has 0 radical (unpaired) electrons. The lowest BCUT2D eigenvalue weighted by atomic mass is 10.3. The van der Waals surface area contributed by atoms with E-state index in [0.29, 0.717) is 11.4 Å². The summed E-state index contributed by atoms with van der Waals surface area (Å²) in [6, 6.07) is 15.2. The van der Waals surface area contributed by atoms with E-state index in [0.717, 1.165) is 4.68 Å². The van der Waals surface area contributed by atoms with E-state index in [2.05, 4.69) is 25.6 Å². The minimum atomic E-state index is -0.812. The molecule has 2 aromatic heterocycles. The zero-order valence-corrected chi connectivity index (χ0v) is 15.6. The number of benzene rings is 2. The molecule has 31 heavy (non-hydrogen) atoms. The van der Waals surface area contributed by atoms with Gasteiger partial charge in [0.25, 0.3) is 0 Å². The van der Waals surface area contributed by atoms with Crippen molar-refractivity contribution in [3.63, 3.8) is 0 Å². The van der Waals surface area contributed by atoms with Crippen LogP contribution in [0.25, 0.3) is 5.69 Å². The zero-order valence-electron chi connectivity index (χ0n) is 15.6. The van der Waals surface area contributed by atoms with Crippen molar-refractivity contribution in [3.8, 4) is 29.2 Å². The van der Waals surface area contributed by atoms with Gasteiger partial charge in [-0.05, 0) is 44.6 Å². The van der Waals surface area contributed by atoms with E-state index in [1.165, 1.54) is 10.7 Å². The van der Waals surface area contributed by atoms with Crippen LogP contribution in [0, 0.1) is 10.1 Å². The van der Waals surface area contributed by atoms with E-state index in [1.807, 2.05) is 18.2 Å². The Morgan fingerprint density at radius 1 is 1.06 bits per heavy atom. The molecular weight excluding hydrogens is 410 g/mol. The van der Waals surface area contributed by atoms with Gasteiger partial charge in [-0.1, -0.05) is 29.4 Å². The standard InChI is InChI=1S/C17H13N9O5/c18-14(27)10-24-16(19-15(21-24)26(28)29)30-12-7-4-8-13(9-12)31-17-20-22-23-25(17)11-5-2-1-3-6-11/h1-9H,10H2,(H2,18,27). The van der Waals surface area contributed by atoms with Crippen LogP contribution in [0.5, 0.6) is 23.5 Å². The molecule has 0 aliphatic carbocycles. The van der Waals surface area contributed by atoms with E-state index in [1.54, 1.807) is 30.3 Å². The first-order valence-corrected chi connectivity index (χ1v) is 8.67. The maximum absolute atomic E-state index is 11.2. The fraction of sp³-hybridized carbons (Fsp3) is 0.0588. The van der Waals surface area contributed by atoms with Crippen LogP contribution in [0.2, 0.25) is 0 Å². The van der Waals surface area contributed by atoms with Crippen molar-refractivity contribution in [2.45, 2.75) is 6.54 Å². The number of rotatable bonds is 8. The van der Waals surface area contributed by atoms with Gasteiger partial charge in [0.15, 0.2) is 0 Å². The Balaban J connectivity index is 1.57. The first-order valence-electron chi connectivity index (χ1n) is 8.67. The van der Waals surface area contributed by atoms with Crippen molar-refractivity contribution >= 4 is 11.9 Å². The van der Waals surface area contributed by atoms with Gasteiger partial charge in [-0.3, -0.25) is 4.79 Å². The first kappa shape index (κ1) is 19.4. The second-order valence-corrected chi connectivity index (χ2v) is 5.96. The van der Waals surface area contributed by atoms with Crippen LogP contribution in [-0.2, 0) is 11.3 Å². The molecule has 4 aromatic rings. The molecule has 2 heterocycles. The summed E-state index contributed by atoms with van der Waals surface area (Å²) in [6.07, 6.45) is 0. The van der Waals surface area contributed by atoms with Crippen molar-refractivity contribution < 1.29 is 19.2 Å². The quantitative estimate of drug-likeness (QED) is 0.320. The first-order chi connectivity index (χ1) is 15.0. The highest BCUT2D eigenvalue weighted by atomic mass is 16.6. The molecular formula is C17H13N9O5. The van der Waals surface area contributed by atoms with Crippen molar-refractivity contribution in [2.75, 3.05) is 0 Å². The number of nitro groups is 1. The predicted molar refractivity (Wildman–Crippen MR) is 102 cm³/mol. The van der Waals surface area contributed by atoms with E-state index in [4.69, 9.17) is 15.2 Å². The molecule has 14 nitrogen and oxygen atoms in total. The summed E-state index contributed by atoms with van der Waals surface area (Å²) in [5.74, 6) is -0.968. The second kappa shape index (κ2) is 8.24. The fourth-order valence-corrected chi connectivity index (χ4v) is 2.51. The summed E-state index contributed by atoms with van der Waals surface area (Å²) in [7, 11) is 0. The van der Waals surface area contributed by atoms with Crippen molar-refractivity contribution in [2.24, 2.45) is 5.73 Å². The third kappa shape index (κ3) is 4.42. The molecule has 0 aliphatic rings. The van der Waals surface area contributed by atoms with Crippen molar-refractivity contribution in [3.05, 3.63) is 64.7 Å². The third-order valence-corrected chi connectivity index (χ3v) is 3.76. The van der Waals surface area contributed by atoms with E-state index in [9.17, 15) is 14.9 Å². The molecule has 0 bridgehead atoms. The SMILES string of the molecule is NC(=O)Cn1nc([N+](=O)[O-])nc1Oc1cccc(Oc2nnnn2-c2ccccc2)c1. The van der Waals surface area contributed by atoms with Gasteiger partial charge < -0.3 is 25.3 Å². The Kier molecular flexibility index (Phi) is 5.16. The summed E-state index contributed by atoms with van der Waals surface area (Å²) in [5.41, 5.74) is 5.84. The normalized spacial score (nSPS) is 10.6. The molecule has 156 valence electrons. The van der Waals surface area contributed by atoms with Crippen LogP contribution >= 0.6 is 0 Å². The number of primary amides is 1. The number of ether oxygens (including phenoxy) is 2. The minimum absolute atomic E-state index is 0.107. The highest BCUT2D eigenvalue weighted by molar-refractivity contribution is 5.73. The van der Waals surface area contributed by atoms with E-state index < -0.39 is 23.3 Å². The smallest absolute Gasteiger partial charge is 0.423 e. The fourth-order valence-electron chi connectivity index (χ4n) is 2.51. The Hall–Kier alpha value is -4.88. The van der Waals surface area contributed by atoms with Crippen LogP contribution in [0.3, 0.4) is 0 Å². The molecule has 0 saturated carbocycles. The molecule has 2 N–H and O–H groups in total. The molecule has 0 saturated heterocycles. The van der Waals surface area contributed by atoms with E-state index in [-0.39, 0.29) is 17.8 Å². The highest BCUT2D eigenvalue weighted by Crippen LogP contribution is 2.28. The highest BCUT2D eigenvalue weighted by Gasteiger charge is 2.24. The molecule has 1 amide bonds. The number of hydrogen-bond donors (Lipinski definition) is 1. The van der Waals surface area contributed by atoms with Crippen LogP contribution in [0.1, 0.15) is 0 Å². The Labute approximate surface area is 173 Å². The van der Waals surface area contributed by atoms with Crippen LogP contribution in [0.15, 0.2) is 54.6 Å². The van der Waals surface area contributed by atoms with Crippen LogP contribution in [0.4, 0.5) is 5.95 Å². The number of nitrogens with two attached hydrogens (primary N) is 1. The number of amides is 1. The van der Waals surface area contributed by atoms with Crippen LogP contribution in [-0.4, -0.2) is 45.8 Å². The lowest BCUT2D eigenvalue weighted by Crippen LogP contribution is -2.20. The molecule has 14 heteroatoms. The number of nitrogens with zero attached hydrogens (tertiary/aromatic N) is 8. The van der Waals surface area contributed by atoms with Crippen LogP contribution < -0.4 is 15.2 Å². The summed E-state index contributed by atoms with van der Waals surface area (Å²) in [4.78, 5) is 25.0. The zero-order chi connectivity index (χ0) is 21.8. The number of hydrogen-bond acceptors (Lipinski definition) is 10. The van der Waals surface area contributed by atoms with E-state index >= 15 is 0 Å². The molecule has 0 aliphatic heterocycles. The summed E-state index contributed by atoms with van der Waals surface area (Å²) >= 11 is 0. The van der Waals surface area contributed by atoms with Gasteiger partial charge in [0.2, 0.25) is 5.91 Å². The Morgan fingerprint density at radius 3 is 2.45 bits per heavy atom. The monoisotopic (exact) mass is 423 g/mol. The molecule has 0 spiro atoms. The summed E-state index contributed by atoms with van der Waals surface area (Å²) in [6.45, 7) is -0.446. The average Bonchev–Trinajstić information content (AvgIpc) is 3.36. The number of carbonyl (C=O) groups is 1. The predicted octanol–water partition coefficient (Wildman–Crippen LogP) is 1.23. The van der Waals surface area contributed by atoms with Crippen molar-refractivity contribution in [1.29, 1.82) is 0 Å². The minimum Gasteiger partial charge on any atom is -0.423 e. The molecule has 2 aromatic carbocycles. The molecule has 4 rings (SSSR count). The van der Waals surface area contributed by atoms with Gasteiger partial charge in [0, 0.05) is 11.2 Å². The second-order valence-electron chi connectivity index (χ2n) is 5.96. The average molecular weight is 423 g/mol. The molecule has 0 atom stereocenters. The van der Waals surface area contributed by atoms with Gasteiger partial charge in [0.1, 0.15) is 18.0 Å². The topological polar surface area (TPSA) is 179 Å². The van der Waals surface area contributed by atoms with Gasteiger partial charge >= 0.3 is 18.0 Å². The number of aromatic nitrogens is 7. The third-order valence-electron chi connectivity index (χ3n) is 3.76. The number of para-hydroxylation sites is 1. The van der Waals surface area contributed by atoms with Gasteiger partial charge in [-0.25, -0.2) is 0 Å². The lowest BCUT2D eigenvalue weighted by Gasteiger charge is -2.07. The maximum atomic E-state index is 11.2. The Bertz CT molecular complexity index is 1240. The van der Waals surface area contributed by atoms with Crippen molar-refractivity contribution in [1.82, 2.24) is 35.0 Å². The maximum Gasteiger partial charge on any atom is 0.494 e. The summed E-state index contributed by atoms with van der Waals surface area (Å²) < 4.78 is 13.6. The molecule has 0 unspecified atom stereocenters.